The van der Waals surface area contributed by atoms with Gasteiger partial charge in [0.1, 0.15) is 11.5 Å². The third kappa shape index (κ3) is 4.68. The summed E-state index contributed by atoms with van der Waals surface area (Å²) in [6.45, 7) is 3.54. The largest absolute Gasteiger partial charge is 0.462 e. The fourth-order valence-electron chi connectivity index (χ4n) is 3.95. The van der Waals surface area contributed by atoms with Crippen molar-refractivity contribution in [2.75, 3.05) is 12.4 Å². The Kier molecular flexibility index (Phi) is 6.73. The van der Waals surface area contributed by atoms with Crippen LogP contribution in [0, 0.1) is 11.3 Å². The number of carbonyl (C=O) groups excluding carboxylic acids is 2. The number of nitriles is 1. The molecule has 9 nitrogen and oxygen atoms in total. The van der Waals surface area contributed by atoms with Crippen LogP contribution in [-0.2, 0) is 11.3 Å². The van der Waals surface area contributed by atoms with Gasteiger partial charge in [-0.15, -0.1) is 0 Å². The molecule has 1 aliphatic carbocycles. The highest BCUT2D eigenvalue weighted by Gasteiger charge is 2.34. The van der Waals surface area contributed by atoms with Crippen LogP contribution in [0.3, 0.4) is 0 Å². The molecule has 4 rings (SSSR count). The summed E-state index contributed by atoms with van der Waals surface area (Å²) in [5.41, 5.74) is 2.14. The number of para-hydroxylation sites is 1. The molecule has 2 aromatic rings. The van der Waals surface area contributed by atoms with E-state index in [-0.39, 0.29) is 30.0 Å². The second kappa shape index (κ2) is 10.1. The van der Waals surface area contributed by atoms with Crippen LogP contribution in [0.4, 0.5) is 4.79 Å². The predicted octanol–water partition coefficient (Wildman–Crippen LogP) is 3.97. The van der Waals surface area contributed by atoms with E-state index in [1.165, 1.54) is 15.8 Å². The highest BCUT2D eigenvalue weighted by molar-refractivity contribution is 5.97. The summed E-state index contributed by atoms with van der Waals surface area (Å²) in [5, 5.41) is 12.6. The zero-order chi connectivity index (χ0) is 24.9. The number of esters is 1. The number of ether oxygens (including phenoxy) is 2. The number of nitrogens with zero attached hydrogens (tertiary/aromatic N) is 3. The van der Waals surface area contributed by atoms with Crippen molar-refractivity contribution < 1.29 is 19.1 Å². The van der Waals surface area contributed by atoms with Crippen molar-refractivity contribution in [1.82, 2.24) is 14.9 Å². The monoisotopic (exact) mass is 471 g/mol. The number of rotatable bonds is 5. The van der Waals surface area contributed by atoms with Crippen LogP contribution < -0.4 is 15.9 Å². The van der Waals surface area contributed by atoms with Crippen molar-refractivity contribution in [3.63, 3.8) is 0 Å². The van der Waals surface area contributed by atoms with Gasteiger partial charge in [0.05, 0.1) is 40.9 Å². The third-order valence-corrected chi connectivity index (χ3v) is 5.52. The summed E-state index contributed by atoms with van der Waals surface area (Å²) >= 11 is 0. The molecule has 1 aromatic carbocycles. The lowest BCUT2D eigenvalue weighted by Crippen LogP contribution is -2.36. The molecule has 0 atom stereocenters. The molecule has 35 heavy (non-hydrogen) atoms. The van der Waals surface area contributed by atoms with Gasteiger partial charge in [-0.1, -0.05) is 24.3 Å². The number of carbonyl (C=O) groups is 2. The van der Waals surface area contributed by atoms with Crippen molar-refractivity contribution in [3.05, 3.63) is 94.7 Å². The molecule has 2 aliphatic rings. The maximum Gasteiger partial charge on any atom is 0.340 e. The number of hydrogen-bond donors (Lipinski definition) is 2. The molecule has 0 fully saturated rings. The maximum atomic E-state index is 13.3. The maximum absolute atomic E-state index is 13.3. The zero-order valence-electron chi connectivity index (χ0n) is 19.4. The van der Waals surface area contributed by atoms with E-state index in [2.05, 4.69) is 11.4 Å². The van der Waals surface area contributed by atoms with E-state index in [0.29, 0.717) is 34.9 Å². The Labute approximate surface area is 203 Å². The molecule has 0 unspecified atom stereocenters. The Bertz CT molecular complexity index is 1330. The van der Waals surface area contributed by atoms with E-state index in [0.717, 1.165) is 0 Å². The van der Waals surface area contributed by atoms with Crippen LogP contribution in [0.2, 0.25) is 0 Å². The summed E-state index contributed by atoms with van der Waals surface area (Å²) in [4.78, 5) is 27.2. The fraction of sp³-hybridized carbons (Fsp3) is 0.192. The molecule has 1 aliphatic heterocycles. The number of urea groups is 1. The molecule has 2 heterocycles. The van der Waals surface area contributed by atoms with E-state index in [1.54, 1.807) is 32.1 Å². The van der Waals surface area contributed by atoms with Crippen LogP contribution in [0.1, 0.15) is 41.9 Å². The number of benzene rings is 1. The number of nitrogens with one attached hydrogen (secondary N) is 1. The highest BCUT2D eigenvalue weighted by atomic mass is 16.5. The van der Waals surface area contributed by atoms with Crippen molar-refractivity contribution in [3.8, 4) is 11.8 Å². The van der Waals surface area contributed by atoms with Gasteiger partial charge in [-0.05, 0) is 44.2 Å². The van der Waals surface area contributed by atoms with Crippen molar-refractivity contribution in [2.45, 2.75) is 26.8 Å². The molecule has 1 aromatic heterocycles. The van der Waals surface area contributed by atoms with Gasteiger partial charge in [-0.3, -0.25) is 9.58 Å². The van der Waals surface area contributed by atoms with E-state index < -0.39 is 12.0 Å². The quantitative estimate of drug-likeness (QED) is 0.387. The second-order valence-electron chi connectivity index (χ2n) is 7.82. The van der Waals surface area contributed by atoms with Crippen LogP contribution in [0.15, 0.2) is 77.9 Å². The lowest BCUT2D eigenvalue weighted by Gasteiger charge is -2.25. The molecular formula is C26H25N5O4. The smallest absolute Gasteiger partial charge is 0.340 e. The van der Waals surface area contributed by atoms with Gasteiger partial charge in [0.25, 0.3) is 0 Å². The van der Waals surface area contributed by atoms with Crippen LogP contribution in [0.5, 0.6) is 5.75 Å². The fourth-order valence-corrected chi connectivity index (χ4v) is 3.95. The number of aromatic nitrogens is 1. The minimum absolute atomic E-state index is 0.0421. The predicted molar refractivity (Wildman–Crippen MR) is 130 cm³/mol. The van der Waals surface area contributed by atoms with Crippen LogP contribution in [0.25, 0.3) is 5.70 Å². The highest BCUT2D eigenvalue weighted by Crippen LogP contribution is 2.35. The summed E-state index contributed by atoms with van der Waals surface area (Å²) < 4.78 is 12.4. The molecule has 0 saturated carbocycles. The first-order chi connectivity index (χ1) is 16.9. The Balaban J connectivity index is 1.80. The lowest BCUT2D eigenvalue weighted by atomic mass is 10.1. The van der Waals surface area contributed by atoms with Crippen molar-refractivity contribution in [1.29, 1.82) is 5.26 Å². The number of allylic oxidation sites excluding steroid dienone is 5. The zero-order valence-corrected chi connectivity index (χ0v) is 19.4. The molecule has 0 saturated heterocycles. The van der Waals surface area contributed by atoms with E-state index >= 15 is 0 Å². The topological polar surface area (TPSA) is 123 Å². The van der Waals surface area contributed by atoms with E-state index in [1.807, 2.05) is 36.4 Å². The van der Waals surface area contributed by atoms with Gasteiger partial charge >= 0.3 is 12.0 Å². The van der Waals surface area contributed by atoms with E-state index in [9.17, 15) is 14.9 Å². The number of hydrogen-bond acceptors (Lipinski definition) is 6. The first kappa shape index (κ1) is 23.4. The molecule has 178 valence electrons. The Morgan fingerprint density at radius 1 is 1.26 bits per heavy atom. The van der Waals surface area contributed by atoms with Gasteiger partial charge in [0.2, 0.25) is 0 Å². The van der Waals surface area contributed by atoms with Gasteiger partial charge in [0, 0.05) is 24.7 Å². The minimum Gasteiger partial charge on any atom is -0.462 e. The average molecular weight is 472 g/mol. The summed E-state index contributed by atoms with van der Waals surface area (Å²) in [5.74, 6) is 7.09. The third-order valence-electron chi connectivity index (χ3n) is 5.52. The minimum atomic E-state index is -0.552. The Morgan fingerprint density at radius 3 is 2.74 bits per heavy atom. The number of nitrogen functional groups attached to an aromatic ring is 1. The Morgan fingerprint density at radius 2 is 2.03 bits per heavy atom. The number of amides is 2. The van der Waals surface area contributed by atoms with Gasteiger partial charge in [-0.2, -0.15) is 5.26 Å². The van der Waals surface area contributed by atoms with Gasteiger partial charge in [-0.25, -0.2) is 9.59 Å². The van der Waals surface area contributed by atoms with Gasteiger partial charge in [0.15, 0.2) is 0 Å². The summed E-state index contributed by atoms with van der Waals surface area (Å²) in [7, 11) is 0. The average Bonchev–Trinajstić information content (AvgIpc) is 2.97. The normalized spacial score (nSPS) is 16.6. The van der Waals surface area contributed by atoms with E-state index in [4.69, 9.17) is 15.3 Å². The molecule has 0 radical (unpaired) electrons. The lowest BCUT2D eigenvalue weighted by molar-refractivity contribution is 0.0525. The van der Waals surface area contributed by atoms with Crippen molar-refractivity contribution in [2.24, 2.45) is 0 Å². The summed E-state index contributed by atoms with van der Waals surface area (Å²) in [6, 6.07) is 11.1. The second-order valence-corrected chi connectivity index (χ2v) is 7.82. The standard InChI is InChI=1S/C26H25N5O4/c1-3-34-25(32)22-16-30(28)24-21(22)15-29-26(33)31(23(24)17(2)14-27)18-8-7-11-20(13-12-18)35-19-9-5-4-6-10-19/h4-10,12-13,16H,3,11,15,28H2,1-2H3,(H,29,33)/b23-17-. The molecule has 3 N–H and O–H groups in total. The van der Waals surface area contributed by atoms with Gasteiger partial charge < -0.3 is 20.6 Å². The molecule has 2 amide bonds. The summed E-state index contributed by atoms with van der Waals surface area (Å²) in [6.07, 6.45) is 9.14. The molecule has 0 spiro atoms. The molecular weight excluding hydrogens is 446 g/mol. The van der Waals surface area contributed by atoms with Crippen molar-refractivity contribution >= 4 is 17.7 Å². The first-order valence-electron chi connectivity index (χ1n) is 11.1. The van der Waals surface area contributed by atoms with Crippen LogP contribution in [-0.4, -0.2) is 28.2 Å². The Hall–Kier alpha value is -4.71. The van der Waals surface area contributed by atoms with Crippen LogP contribution >= 0.6 is 0 Å². The molecule has 9 heteroatoms. The first-order valence-corrected chi connectivity index (χ1v) is 11.1. The SMILES string of the molecule is CCOC(=O)c1cn(N)c2c1CNC(=O)N(C1=CC=C(Oc3ccccc3)CC=C1)/C2=C(/C)C#N. The number of fused-ring (bicyclic) bond motifs is 1. The number of nitrogens with two attached hydrogens (primary N) is 1. The molecule has 0 bridgehead atoms.